The van der Waals surface area contributed by atoms with Gasteiger partial charge in [-0.05, 0) is 12.8 Å². The number of unbranched alkanes of at least 4 members (excludes halogenated alkanes) is 12. The summed E-state index contributed by atoms with van der Waals surface area (Å²) < 4.78 is 0. The van der Waals surface area contributed by atoms with Crippen LogP contribution in [0.2, 0.25) is 0 Å². The van der Waals surface area contributed by atoms with Crippen molar-refractivity contribution < 1.29 is 25.9 Å². The van der Waals surface area contributed by atoms with Crippen LogP contribution in [0.4, 0.5) is 0 Å². The van der Waals surface area contributed by atoms with Crippen molar-refractivity contribution >= 4 is 5.91 Å². The summed E-state index contributed by atoms with van der Waals surface area (Å²) in [4.78, 5) is 10.4. The largest absolute Gasteiger partial charge is 0.668 e. The van der Waals surface area contributed by atoms with Crippen molar-refractivity contribution in [1.29, 1.82) is 0 Å². The van der Waals surface area contributed by atoms with Crippen LogP contribution in [0, 0.1) is 0 Å². The summed E-state index contributed by atoms with van der Waals surface area (Å²) in [5.74, 6) is -0.405. The van der Waals surface area contributed by atoms with Crippen LogP contribution in [-0.4, -0.2) is 5.91 Å². The second-order valence-corrected chi connectivity index (χ2v) is 5.42. The minimum absolute atomic E-state index is 0. The first-order valence-corrected chi connectivity index (χ1v) is 8.01. The van der Waals surface area contributed by atoms with E-state index in [9.17, 15) is 4.79 Å². The number of nitrogens with one attached hydrogen (secondary N) is 1. The second-order valence-electron chi connectivity index (χ2n) is 5.42. The molecule has 0 fully saturated rings. The standard InChI is InChI=1S/C16H33NO.Pt/c1-2-3-4-5-6-7-8-9-10-11-12-13-14-15-16(17)18;/h2-15H2,1H3,(H2,17,18);/p-1. The Morgan fingerprint density at radius 1 is 0.684 bits per heavy atom. The summed E-state index contributed by atoms with van der Waals surface area (Å²) in [6.07, 6.45) is 17.6. The Kier molecular flexibility index (Phi) is 20.5. The van der Waals surface area contributed by atoms with Crippen LogP contribution in [0.3, 0.4) is 0 Å². The van der Waals surface area contributed by atoms with E-state index >= 15 is 0 Å². The molecule has 0 bridgehead atoms. The molecule has 0 spiro atoms. The Hall–Kier alpha value is 0.158. The van der Waals surface area contributed by atoms with Crippen molar-refractivity contribution in [3.05, 3.63) is 5.73 Å². The van der Waals surface area contributed by atoms with Gasteiger partial charge in [0.05, 0.1) is 0 Å². The van der Waals surface area contributed by atoms with E-state index in [0.717, 1.165) is 12.8 Å². The average molecular weight is 450 g/mol. The van der Waals surface area contributed by atoms with E-state index in [1.54, 1.807) is 0 Å². The van der Waals surface area contributed by atoms with Crippen molar-refractivity contribution in [2.45, 2.75) is 96.8 Å². The molecule has 2 nitrogen and oxygen atoms in total. The minimum Gasteiger partial charge on any atom is -0.668 e. The normalized spacial score (nSPS) is 10.2. The monoisotopic (exact) mass is 449 g/mol. The molecule has 0 aromatic carbocycles. The van der Waals surface area contributed by atoms with Gasteiger partial charge in [0.1, 0.15) is 0 Å². The molecule has 0 saturated carbocycles. The Morgan fingerprint density at radius 3 is 1.32 bits per heavy atom. The first-order valence-electron chi connectivity index (χ1n) is 8.01. The molecule has 0 radical (unpaired) electrons. The summed E-state index contributed by atoms with van der Waals surface area (Å²) in [7, 11) is 0. The maximum atomic E-state index is 10.4. The fraction of sp³-hybridized carbons (Fsp3) is 0.938. The maximum absolute atomic E-state index is 10.4. The molecule has 0 aliphatic rings. The van der Waals surface area contributed by atoms with E-state index in [2.05, 4.69) is 6.92 Å². The second kappa shape index (κ2) is 18.2. The van der Waals surface area contributed by atoms with Crippen LogP contribution >= 0.6 is 0 Å². The molecular formula is C16H32NOPt-. The Bertz CT molecular complexity index is 186. The van der Waals surface area contributed by atoms with E-state index in [1.165, 1.54) is 70.6 Å². The van der Waals surface area contributed by atoms with Gasteiger partial charge < -0.3 is 10.5 Å². The molecule has 0 aromatic rings. The third kappa shape index (κ3) is 20.6. The van der Waals surface area contributed by atoms with Crippen molar-refractivity contribution in [3.8, 4) is 0 Å². The van der Waals surface area contributed by atoms with Gasteiger partial charge in [0.2, 0.25) is 0 Å². The molecule has 0 heterocycles. The zero-order valence-electron chi connectivity index (χ0n) is 12.6. The van der Waals surface area contributed by atoms with Crippen LogP contribution < -0.4 is 0 Å². The number of rotatable bonds is 14. The van der Waals surface area contributed by atoms with Crippen molar-refractivity contribution in [3.63, 3.8) is 0 Å². The van der Waals surface area contributed by atoms with Crippen LogP contribution in [0.15, 0.2) is 0 Å². The zero-order valence-corrected chi connectivity index (χ0v) is 14.9. The maximum Gasteiger partial charge on any atom is 0.0487 e. The summed E-state index contributed by atoms with van der Waals surface area (Å²) >= 11 is 0. The van der Waals surface area contributed by atoms with Gasteiger partial charge in [-0.1, -0.05) is 84.0 Å². The van der Waals surface area contributed by atoms with Gasteiger partial charge >= 0.3 is 0 Å². The summed E-state index contributed by atoms with van der Waals surface area (Å²) in [5, 5.41) is 0. The minimum atomic E-state index is -0.405. The van der Waals surface area contributed by atoms with E-state index < -0.39 is 5.91 Å². The molecule has 0 aliphatic carbocycles. The molecule has 1 N–H and O–H groups in total. The topological polar surface area (TPSA) is 40.9 Å². The van der Waals surface area contributed by atoms with E-state index in [0.29, 0.717) is 6.42 Å². The van der Waals surface area contributed by atoms with Crippen molar-refractivity contribution in [2.75, 3.05) is 0 Å². The number of hydrogen-bond acceptors (Lipinski definition) is 1. The zero-order chi connectivity index (χ0) is 13.5. The molecular weight excluding hydrogens is 417 g/mol. The van der Waals surface area contributed by atoms with Crippen LogP contribution in [-0.2, 0) is 25.9 Å². The number of carbonyl (C=O) groups excluding carboxylic acids is 1. The molecule has 0 unspecified atom stereocenters. The molecule has 0 rings (SSSR count). The quantitative estimate of drug-likeness (QED) is 0.298. The number of amides is 1. The van der Waals surface area contributed by atoms with Crippen molar-refractivity contribution in [2.24, 2.45) is 0 Å². The third-order valence-corrected chi connectivity index (χ3v) is 3.51. The SMILES string of the molecule is CCCCCCCCCCCCCCCC([NH-])=O.[Pt]. The van der Waals surface area contributed by atoms with E-state index in [1.807, 2.05) is 0 Å². The fourth-order valence-corrected chi connectivity index (χ4v) is 2.30. The Labute approximate surface area is 134 Å². The first kappa shape index (κ1) is 21.5. The van der Waals surface area contributed by atoms with Gasteiger partial charge in [0.25, 0.3) is 0 Å². The Morgan fingerprint density at radius 2 is 1.00 bits per heavy atom. The molecule has 0 atom stereocenters. The smallest absolute Gasteiger partial charge is 0.0487 e. The molecule has 118 valence electrons. The molecule has 0 saturated heterocycles. The van der Waals surface area contributed by atoms with Gasteiger partial charge in [-0.25, -0.2) is 0 Å². The van der Waals surface area contributed by atoms with Gasteiger partial charge in [-0.3, -0.25) is 0 Å². The van der Waals surface area contributed by atoms with E-state index in [-0.39, 0.29) is 21.1 Å². The molecule has 1 amide bonds. The van der Waals surface area contributed by atoms with Gasteiger partial charge in [-0.2, -0.15) is 0 Å². The van der Waals surface area contributed by atoms with Crippen LogP contribution in [0.5, 0.6) is 0 Å². The van der Waals surface area contributed by atoms with Crippen LogP contribution in [0.25, 0.3) is 5.73 Å². The van der Waals surface area contributed by atoms with E-state index in [4.69, 9.17) is 5.73 Å². The summed E-state index contributed by atoms with van der Waals surface area (Å²) in [6.45, 7) is 2.26. The third-order valence-electron chi connectivity index (χ3n) is 3.51. The van der Waals surface area contributed by atoms with Gasteiger partial charge in [-0.15, -0.1) is 0 Å². The molecule has 0 aliphatic heterocycles. The van der Waals surface area contributed by atoms with Gasteiger partial charge in [0.15, 0.2) is 0 Å². The average Bonchev–Trinajstić information content (AvgIpc) is 2.34. The van der Waals surface area contributed by atoms with Crippen LogP contribution in [0.1, 0.15) is 96.8 Å². The van der Waals surface area contributed by atoms with Crippen molar-refractivity contribution in [1.82, 2.24) is 0 Å². The summed E-state index contributed by atoms with van der Waals surface area (Å²) in [6, 6.07) is 0. The molecule has 0 aromatic heterocycles. The number of carbonyl (C=O) groups is 1. The molecule has 19 heavy (non-hydrogen) atoms. The fourth-order valence-electron chi connectivity index (χ4n) is 2.30. The van der Waals surface area contributed by atoms with Gasteiger partial charge in [0, 0.05) is 27.0 Å². The Balaban J connectivity index is 0. The predicted molar refractivity (Wildman–Crippen MR) is 79.6 cm³/mol. The molecule has 3 heteroatoms. The summed E-state index contributed by atoms with van der Waals surface area (Å²) in [5.41, 5.74) is 6.79. The first-order chi connectivity index (χ1) is 8.77. The number of hydrogen-bond donors (Lipinski definition) is 0. The predicted octanol–water partition coefficient (Wildman–Crippen LogP) is 6.04.